The van der Waals surface area contributed by atoms with Crippen LogP contribution in [0.5, 0.6) is 0 Å². The van der Waals surface area contributed by atoms with E-state index in [1.54, 1.807) is 31.2 Å². The van der Waals surface area contributed by atoms with Gasteiger partial charge in [-0.3, -0.25) is 10.1 Å². The predicted molar refractivity (Wildman–Crippen MR) is 72.2 cm³/mol. The number of hydrogen-bond donors (Lipinski definition) is 1. The second kappa shape index (κ2) is 5.40. The number of rotatable bonds is 4. The van der Waals surface area contributed by atoms with Gasteiger partial charge in [-0.25, -0.2) is 4.79 Å². The molecule has 0 saturated heterocycles. The topological polar surface area (TPSA) is 93.6 Å². The summed E-state index contributed by atoms with van der Waals surface area (Å²) in [6.45, 7) is 1.64. The van der Waals surface area contributed by atoms with Crippen LogP contribution in [-0.2, 0) is 4.79 Å². The van der Waals surface area contributed by atoms with Crippen molar-refractivity contribution in [3.8, 4) is 11.3 Å². The summed E-state index contributed by atoms with van der Waals surface area (Å²) in [5.41, 5.74) is 1.12. The number of carbonyl (C=O) groups is 1. The molecule has 0 radical (unpaired) electrons. The van der Waals surface area contributed by atoms with E-state index in [-0.39, 0.29) is 5.69 Å². The molecular formula is C14H11NO5. The van der Waals surface area contributed by atoms with Gasteiger partial charge in [-0.05, 0) is 25.1 Å². The Morgan fingerprint density at radius 2 is 2.10 bits per heavy atom. The molecule has 0 atom stereocenters. The summed E-state index contributed by atoms with van der Waals surface area (Å²) in [4.78, 5) is 20.9. The standard InChI is InChI=1S/C14H11NO5/c1-9-11(3-2-4-12(9)15(18)19)13-7-5-10(20-13)6-8-14(16)17/h2-8H,1H3,(H,16,17). The largest absolute Gasteiger partial charge is 0.478 e. The molecular weight excluding hydrogens is 262 g/mol. The molecule has 0 aliphatic heterocycles. The van der Waals surface area contributed by atoms with Crippen LogP contribution in [0.3, 0.4) is 0 Å². The summed E-state index contributed by atoms with van der Waals surface area (Å²) >= 11 is 0. The van der Waals surface area contributed by atoms with E-state index < -0.39 is 10.9 Å². The minimum Gasteiger partial charge on any atom is -0.478 e. The molecule has 1 heterocycles. The van der Waals surface area contributed by atoms with E-state index >= 15 is 0 Å². The lowest BCUT2D eigenvalue weighted by Crippen LogP contribution is -1.93. The minimum absolute atomic E-state index is 0.0153. The Hall–Kier alpha value is -2.89. The maximum absolute atomic E-state index is 10.9. The number of benzene rings is 1. The first-order valence-electron chi connectivity index (χ1n) is 5.74. The molecule has 2 rings (SSSR count). The first-order chi connectivity index (χ1) is 9.49. The third-order valence-corrected chi connectivity index (χ3v) is 2.78. The second-order valence-corrected chi connectivity index (χ2v) is 4.08. The van der Waals surface area contributed by atoms with Gasteiger partial charge in [0.2, 0.25) is 0 Å². The molecule has 1 aromatic heterocycles. The first-order valence-corrected chi connectivity index (χ1v) is 5.74. The summed E-state index contributed by atoms with van der Waals surface area (Å²) in [6.07, 6.45) is 2.28. The number of aliphatic carboxylic acids is 1. The van der Waals surface area contributed by atoms with Crippen LogP contribution in [0.2, 0.25) is 0 Å². The number of carboxylic acid groups (broad SMARTS) is 1. The zero-order valence-corrected chi connectivity index (χ0v) is 10.6. The molecule has 1 N–H and O–H groups in total. The van der Waals surface area contributed by atoms with Gasteiger partial charge in [0.15, 0.2) is 0 Å². The molecule has 0 saturated carbocycles. The Kier molecular flexibility index (Phi) is 3.65. The maximum atomic E-state index is 10.9. The van der Waals surface area contributed by atoms with Gasteiger partial charge in [0.25, 0.3) is 5.69 Å². The molecule has 6 nitrogen and oxygen atoms in total. The predicted octanol–water partition coefficient (Wildman–Crippen LogP) is 3.26. The number of nitro groups is 1. The highest BCUT2D eigenvalue weighted by Gasteiger charge is 2.16. The number of nitro benzene ring substituents is 1. The summed E-state index contributed by atoms with van der Waals surface area (Å²) in [5.74, 6) is -0.251. The van der Waals surface area contributed by atoms with E-state index in [0.717, 1.165) is 6.08 Å². The van der Waals surface area contributed by atoms with Crippen molar-refractivity contribution in [2.24, 2.45) is 0 Å². The highest BCUT2D eigenvalue weighted by Crippen LogP contribution is 2.31. The van der Waals surface area contributed by atoms with Gasteiger partial charge in [0.1, 0.15) is 11.5 Å². The maximum Gasteiger partial charge on any atom is 0.328 e. The molecule has 0 aliphatic rings. The van der Waals surface area contributed by atoms with E-state index in [1.165, 1.54) is 12.1 Å². The van der Waals surface area contributed by atoms with E-state index in [4.69, 9.17) is 9.52 Å². The molecule has 0 fully saturated rings. The lowest BCUT2D eigenvalue weighted by atomic mass is 10.1. The van der Waals surface area contributed by atoms with Crippen molar-refractivity contribution in [1.82, 2.24) is 0 Å². The highest BCUT2D eigenvalue weighted by molar-refractivity contribution is 5.84. The fourth-order valence-corrected chi connectivity index (χ4v) is 1.83. The molecule has 20 heavy (non-hydrogen) atoms. The Morgan fingerprint density at radius 3 is 2.75 bits per heavy atom. The molecule has 0 amide bonds. The van der Waals surface area contributed by atoms with Gasteiger partial charge in [-0.1, -0.05) is 12.1 Å². The highest BCUT2D eigenvalue weighted by atomic mass is 16.6. The van der Waals surface area contributed by atoms with Gasteiger partial charge in [-0.15, -0.1) is 0 Å². The molecule has 0 unspecified atom stereocenters. The lowest BCUT2D eigenvalue weighted by Gasteiger charge is -2.02. The number of nitrogens with zero attached hydrogens (tertiary/aromatic N) is 1. The van der Waals surface area contributed by atoms with Crippen LogP contribution in [0, 0.1) is 17.0 Å². The first kappa shape index (κ1) is 13.5. The van der Waals surface area contributed by atoms with Crippen LogP contribution in [0.4, 0.5) is 5.69 Å². The van der Waals surface area contributed by atoms with Crippen LogP contribution in [0.1, 0.15) is 11.3 Å². The van der Waals surface area contributed by atoms with E-state index in [9.17, 15) is 14.9 Å². The fraction of sp³-hybridized carbons (Fsp3) is 0.0714. The average molecular weight is 273 g/mol. The van der Waals surface area contributed by atoms with Crippen molar-refractivity contribution < 1.29 is 19.2 Å². The minimum atomic E-state index is -1.07. The van der Waals surface area contributed by atoms with Crippen LogP contribution in [0.25, 0.3) is 17.4 Å². The summed E-state index contributed by atoms with van der Waals surface area (Å²) in [6, 6.07) is 7.97. The summed E-state index contributed by atoms with van der Waals surface area (Å²) in [5, 5.41) is 19.4. The molecule has 0 spiro atoms. The van der Waals surface area contributed by atoms with Gasteiger partial charge in [-0.2, -0.15) is 0 Å². The van der Waals surface area contributed by atoms with Gasteiger partial charge < -0.3 is 9.52 Å². The van der Waals surface area contributed by atoms with Gasteiger partial charge in [0.05, 0.1) is 4.92 Å². The fourth-order valence-electron chi connectivity index (χ4n) is 1.83. The van der Waals surface area contributed by atoms with Crippen molar-refractivity contribution in [3.63, 3.8) is 0 Å². The Morgan fingerprint density at radius 1 is 1.35 bits per heavy atom. The molecule has 0 aliphatic carbocycles. The smallest absolute Gasteiger partial charge is 0.328 e. The van der Waals surface area contributed by atoms with Crippen molar-refractivity contribution in [3.05, 3.63) is 57.8 Å². The average Bonchev–Trinajstić information content (AvgIpc) is 2.85. The van der Waals surface area contributed by atoms with Crippen molar-refractivity contribution in [2.45, 2.75) is 6.92 Å². The van der Waals surface area contributed by atoms with Gasteiger partial charge >= 0.3 is 5.97 Å². The Balaban J connectivity index is 2.40. The van der Waals surface area contributed by atoms with E-state index in [1.807, 2.05) is 0 Å². The van der Waals surface area contributed by atoms with Crippen LogP contribution in [-0.4, -0.2) is 16.0 Å². The number of hydrogen-bond acceptors (Lipinski definition) is 4. The third-order valence-electron chi connectivity index (χ3n) is 2.78. The van der Waals surface area contributed by atoms with Gasteiger partial charge in [0, 0.05) is 23.3 Å². The third kappa shape index (κ3) is 2.74. The van der Waals surface area contributed by atoms with Crippen molar-refractivity contribution in [1.29, 1.82) is 0 Å². The summed E-state index contributed by atoms with van der Waals surface area (Å²) < 4.78 is 5.46. The number of furan rings is 1. The van der Waals surface area contributed by atoms with E-state index in [0.29, 0.717) is 22.6 Å². The Bertz CT molecular complexity index is 699. The zero-order valence-electron chi connectivity index (χ0n) is 10.6. The molecule has 1 aromatic carbocycles. The monoisotopic (exact) mass is 273 g/mol. The normalized spacial score (nSPS) is 10.8. The van der Waals surface area contributed by atoms with Crippen LogP contribution >= 0.6 is 0 Å². The SMILES string of the molecule is Cc1c(-c2ccc(C=CC(=O)O)o2)cccc1[N+](=O)[O-]. The summed E-state index contributed by atoms with van der Waals surface area (Å²) in [7, 11) is 0. The molecule has 6 heteroatoms. The second-order valence-electron chi connectivity index (χ2n) is 4.08. The molecule has 2 aromatic rings. The Labute approximate surface area is 114 Å². The quantitative estimate of drug-likeness (QED) is 0.524. The van der Waals surface area contributed by atoms with Crippen molar-refractivity contribution >= 4 is 17.7 Å². The van der Waals surface area contributed by atoms with Crippen molar-refractivity contribution in [2.75, 3.05) is 0 Å². The van der Waals surface area contributed by atoms with E-state index in [2.05, 4.69) is 0 Å². The van der Waals surface area contributed by atoms with Crippen LogP contribution in [0.15, 0.2) is 40.8 Å². The van der Waals surface area contributed by atoms with Crippen LogP contribution < -0.4 is 0 Å². The molecule has 0 bridgehead atoms. The zero-order chi connectivity index (χ0) is 14.7. The lowest BCUT2D eigenvalue weighted by molar-refractivity contribution is -0.385. The number of carboxylic acids is 1. The molecule has 102 valence electrons.